The molecule has 0 bridgehead atoms. The number of hydrogen-bond acceptors (Lipinski definition) is 3. The number of piperazine rings is 1. The summed E-state index contributed by atoms with van der Waals surface area (Å²) in [4.78, 5) is 2.45. The second kappa shape index (κ2) is 4.57. The Bertz CT molecular complexity index is 275. The van der Waals surface area contributed by atoms with E-state index in [1.807, 2.05) is 0 Å². The van der Waals surface area contributed by atoms with Gasteiger partial charge in [0.25, 0.3) is 0 Å². The average molecular weight is 194 g/mol. The van der Waals surface area contributed by atoms with E-state index in [0.29, 0.717) is 0 Å². The summed E-state index contributed by atoms with van der Waals surface area (Å²) in [5.41, 5.74) is 2.40. The van der Waals surface area contributed by atoms with Crippen molar-refractivity contribution in [2.75, 3.05) is 26.2 Å². The Morgan fingerprint density at radius 3 is 2.86 bits per heavy atom. The molecular formula is C10H18N4. The minimum Gasteiger partial charge on any atom is -0.314 e. The summed E-state index contributed by atoms with van der Waals surface area (Å²) >= 11 is 0. The predicted molar refractivity (Wildman–Crippen MR) is 56.1 cm³/mol. The third-order valence-electron chi connectivity index (χ3n) is 2.65. The molecule has 0 amide bonds. The van der Waals surface area contributed by atoms with Gasteiger partial charge in [-0.2, -0.15) is 5.10 Å². The lowest BCUT2D eigenvalue weighted by Crippen LogP contribution is -2.42. The molecule has 0 aliphatic carbocycles. The molecule has 1 aliphatic rings. The standard InChI is InChI=1S/C10H18N4/c1-2-9-7-10(13-12-9)8-14-5-3-11-4-6-14/h7,11H,2-6,8H2,1H3,(H,12,13). The summed E-state index contributed by atoms with van der Waals surface area (Å²) < 4.78 is 0. The Kier molecular flexibility index (Phi) is 3.16. The molecule has 2 rings (SSSR count). The van der Waals surface area contributed by atoms with E-state index in [0.717, 1.165) is 44.8 Å². The Balaban J connectivity index is 1.89. The van der Waals surface area contributed by atoms with Crippen molar-refractivity contribution in [1.29, 1.82) is 0 Å². The predicted octanol–water partition coefficient (Wildman–Crippen LogP) is 0.377. The second-order valence-corrected chi connectivity index (χ2v) is 3.76. The zero-order valence-electron chi connectivity index (χ0n) is 8.71. The van der Waals surface area contributed by atoms with Gasteiger partial charge in [-0.15, -0.1) is 0 Å². The van der Waals surface area contributed by atoms with Crippen LogP contribution >= 0.6 is 0 Å². The van der Waals surface area contributed by atoms with E-state index in [4.69, 9.17) is 0 Å². The minimum atomic E-state index is 1.01. The summed E-state index contributed by atoms with van der Waals surface area (Å²) in [5.74, 6) is 0. The van der Waals surface area contributed by atoms with Crippen LogP contribution in [0.5, 0.6) is 0 Å². The Morgan fingerprint density at radius 2 is 2.21 bits per heavy atom. The van der Waals surface area contributed by atoms with E-state index >= 15 is 0 Å². The second-order valence-electron chi connectivity index (χ2n) is 3.76. The van der Waals surface area contributed by atoms with Crippen molar-refractivity contribution in [3.63, 3.8) is 0 Å². The first kappa shape index (κ1) is 9.68. The van der Waals surface area contributed by atoms with Gasteiger partial charge in [-0.1, -0.05) is 6.92 Å². The van der Waals surface area contributed by atoms with Crippen molar-refractivity contribution in [3.8, 4) is 0 Å². The van der Waals surface area contributed by atoms with Gasteiger partial charge in [0.2, 0.25) is 0 Å². The molecule has 0 unspecified atom stereocenters. The van der Waals surface area contributed by atoms with Gasteiger partial charge >= 0.3 is 0 Å². The highest BCUT2D eigenvalue weighted by Crippen LogP contribution is 2.05. The van der Waals surface area contributed by atoms with E-state index in [1.165, 1.54) is 5.69 Å². The molecule has 2 heterocycles. The van der Waals surface area contributed by atoms with Crippen molar-refractivity contribution in [1.82, 2.24) is 20.4 Å². The number of aromatic nitrogens is 2. The fourth-order valence-electron chi connectivity index (χ4n) is 1.78. The molecule has 0 spiro atoms. The van der Waals surface area contributed by atoms with Crippen LogP contribution in [0.25, 0.3) is 0 Å². The van der Waals surface area contributed by atoms with Crippen LogP contribution in [0.4, 0.5) is 0 Å². The number of aromatic amines is 1. The van der Waals surface area contributed by atoms with Gasteiger partial charge in [-0.3, -0.25) is 10.00 Å². The normalized spacial score (nSPS) is 18.6. The summed E-state index contributed by atoms with van der Waals surface area (Å²) in [6.45, 7) is 7.63. The highest BCUT2D eigenvalue weighted by molar-refractivity contribution is 5.08. The summed E-state index contributed by atoms with van der Waals surface area (Å²) in [6, 6.07) is 2.17. The molecule has 1 aromatic rings. The quantitative estimate of drug-likeness (QED) is 0.731. The molecular weight excluding hydrogens is 176 g/mol. The van der Waals surface area contributed by atoms with Crippen LogP contribution in [0.1, 0.15) is 18.3 Å². The molecule has 2 N–H and O–H groups in total. The van der Waals surface area contributed by atoms with Gasteiger partial charge in [0.15, 0.2) is 0 Å². The lowest BCUT2D eigenvalue weighted by molar-refractivity contribution is 0.230. The first-order valence-corrected chi connectivity index (χ1v) is 5.34. The summed E-state index contributed by atoms with van der Waals surface area (Å²) in [6.07, 6.45) is 1.01. The molecule has 1 saturated heterocycles. The van der Waals surface area contributed by atoms with Crippen LogP contribution in [0, 0.1) is 0 Å². The first-order chi connectivity index (χ1) is 6.88. The van der Waals surface area contributed by atoms with Gasteiger partial charge < -0.3 is 5.32 Å². The van der Waals surface area contributed by atoms with Crippen LogP contribution in [-0.2, 0) is 13.0 Å². The number of H-pyrrole nitrogens is 1. The molecule has 78 valence electrons. The van der Waals surface area contributed by atoms with Gasteiger partial charge in [0.05, 0.1) is 5.69 Å². The maximum absolute atomic E-state index is 4.23. The Morgan fingerprint density at radius 1 is 1.43 bits per heavy atom. The lowest BCUT2D eigenvalue weighted by Gasteiger charge is -2.26. The maximum atomic E-state index is 4.23. The van der Waals surface area contributed by atoms with Crippen LogP contribution < -0.4 is 5.32 Å². The highest BCUT2D eigenvalue weighted by Gasteiger charge is 2.10. The highest BCUT2D eigenvalue weighted by atomic mass is 15.2. The zero-order valence-corrected chi connectivity index (χ0v) is 8.71. The van der Waals surface area contributed by atoms with Crippen LogP contribution in [0.15, 0.2) is 6.07 Å². The smallest absolute Gasteiger partial charge is 0.0622 e. The number of aryl methyl sites for hydroxylation is 1. The van der Waals surface area contributed by atoms with E-state index in [1.54, 1.807) is 0 Å². The fourth-order valence-corrected chi connectivity index (χ4v) is 1.78. The van der Waals surface area contributed by atoms with Crippen LogP contribution in [0.3, 0.4) is 0 Å². The molecule has 0 saturated carbocycles. The zero-order chi connectivity index (χ0) is 9.80. The molecule has 1 aliphatic heterocycles. The van der Waals surface area contributed by atoms with Gasteiger partial charge in [0, 0.05) is 38.4 Å². The Hall–Kier alpha value is -0.870. The molecule has 4 heteroatoms. The van der Waals surface area contributed by atoms with Gasteiger partial charge in [-0.05, 0) is 12.5 Å². The fraction of sp³-hybridized carbons (Fsp3) is 0.700. The summed E-state index contributed by atoms with van der Waals surface area (Å²) in [7, 11) is 0. The van der Waals surface area contributed by atoms with Crippen LogP contribution in [0.2, 0.25) is 0 Å². The minimum absolute atomic E-state index is 1.01. The molecule has 0 radical (unpaired) electrons. The molecule has 1 aromatic heterocycles. The van der Waals surface area contributed by atoms with Crippen LogP contribution in [-0.4, -0.2) is 41.3 Å². The third-order valence-corrected chi connectivity index (χ3v) is 2.65. The van der Waals surface area contributed by atoms with Crippen molar-refractivity contribution in [3.05, 3.63) is 17.5 Å². The lowest BCUT2D eigenvalue weighted by atomic mass is 10.3. The van der Waals surface area contributed by atoms with Crippen molar-refractivity contribution in [2.45, 2.75) is 19.9 Å². The van der Waals surface area contributed by atoms with E-state index in [2.05, 4.69) is 33.4 Å². The number of rotatable bonds is 3. The van der Waals surface area contributed by atoms with E-state index < -0.39 is 0 Å². The number of hydrogen-bond donors (Lipinski definition) is 2. The van der Waals surface area contributed by atoms with Crippen molar-refractivity contribution >= 4 is 0 Å². The molecule has 1 fully saturated rings. The molecule has 4 nitrogen and oxygen atoms in total. The molecule has 0 aromatic carbocycles. The molecule has 14 heavy (non-hydrogen) atoms. The SMILES string of the molecule is CCc1cc(CN2CCNCC2)[nH]n1. The topological polar surface area (TPSA) is 44.0 Å². The van der Waals surface area contributed by atoms with Gasteiger partial charge in [-0.25, -0.2) is 0 Å². The number of nitrogens with one attached hydrogen (secondary N) is 2. The monoisotopic (exact) mass is 194 g/mol. The number of nitrogens with zero attached hydrogens (tertiary/aromatic N) is 2. The maximum Gasteiger partial charge on any atom is 0.0622 e. The van der Waals surface area contributed by atoms with E-state index in [-0.39, 0.29) is 0 Å². The average Bonchev–Trinajstić information content (AvgIpc) is 2.67. The molecule has 0 atom stereocenters. The van der Waals surface area contributed by atoms with Gasteiger partial charge in [0.1, 0.15) is 0 Å². The first-order valence-electron chi connectivity index (χ1n) is 5.34. The van der Waals surface area contributed by atoms with Crippen molar-refractivity contribution in [2.24, 2.45) is 0 Å². The van der Waals surface area contributed by atoms with Crippen molar-refractivity contribution < 1.29 is 0 Å². The summed E-state index contributed by atoms with van der Waals surface area (Å²) in [5, 5.41) is 10.7. The van der Waals surface area contributed by atoms with E-state index in [9.17, 15) is 0 Å². The Labute approximate surface area is 84.7 Å². The largest absolute Gasteiger partial charge is 0.314 e. The third kappa shape index (κ3) is 2.33.